The zero-order valence-corrected chi connectivity index (χ0v) is 12.4. The lowest BCUT2D eigenvalue weighted by molar-refractivity contribution is -0.125. The van der Waals surface area contributed by atoms with Gasteiger partial charge in [0.05, 0.1) is 11.5 Å². The fraction of sp³-hybridized carbons (Fsp3) is 0.235. The SMILES string of the molecule is NC(=O)C1CN(C(=O)c2ccc(Cc3cccc(F)c3)nc2)C1. The van der Waals surface area contributed by atoms with Crippen molar-refractivity contribution in [3.63, 3.8) is 0 Å². The van der Waals surface area contributed by atoms with Crippen LogP contribution in [-0.4, -0.2) is 34.8 Å². The minimum absolute atomic E-state index is 0.160. The molecule has 3 rings (SSSR count). The molecule has 2 heterocycles. The van der Waals surface area contributed by atoms with Crippen LogP contribution in [0.3, 0.4) is 0 Å². The van der Waals surface area contributed by atoms with Crippen molar-refractivity contribution in [3.8, 4) is 0 Å². The molecule has 5 nitrogen and oxygen atoms in total. The number of primary amides is 1. The Balaban J connectivity index is 1.63. The minimum atomic E-state index is -0.377. The predicted molar refractivity (Wildman–Crippen MR) is 82.0 cm³/mol. The molecule has 118 valence electrons. The normalized spacial score (nSPS) is 14.4. The summed E-state index contributed by atoms with van der Waals surface area (Å²) in [6, 6.07) is 9.79. The van der Waals surface area contributed by atoms with E-state index in [1.807, 2.05) is 6.07 Å². The second-order valence-electron chi connectivity index (χ2n) is 5.65. The van der Waals surface area contributed by atoms with E-state index < -0.39 is 0 Å². The molecule has 1 saturated heterocycles. The number of hydrogen-bond donors (Lipinski definition) is 1. The molecule has 0 bridgehead atoms. The smallest absolute Gasteiger partial charge is 0.255 e. The molecule has 0 unspecified atom stereocenters. The van der Waals surface area contributed by atoms with Crippen LogP contribution in [0, 0.1) is 11.7 Å². The van der Waals surface area contributed by atoms with Crippen molar-refractivity contribution in [1.82, 2.24) is 9.88 Å². The van der Waals surface area contributed by atoms with Crippen molar-refractivity contribution in [2.45, 2.75) is 6.42 Å². The standard InChI is InChI=1S/C17H16FN3O2/c18-14-3-1-2-11(6-14)7-15-5-4-12(8-20-15)17(23)21-9-13(10-21)16(19)22/h1-6,8,13H,7,9-10H2,(H2,19,22). The highest BCUT2D eigenvalue weighted by Crippen LogP contribution is 2.18. The van der Waals surface area contributed by atoms with E-state index in [-0.39, 0.29) is 23.5 Å². The van der Waals surface area contributed by atoms with Crippen LogP contribution in [0.25, 0.3) is 0 Å². The first-order valence-corrected chi connectivity index (χ1v) is 7.31. The summed E-state index contributed by atoms with van der Waals surface area (Å²) in [7, 11) is 0. The van der Waals surface area contributed by atoms with Crippen molar-refractivity contribution in [2.24, 2.45) is 11.7 Å². The van der Waals surface area contributed by atoms with Gasteiger partial charge in [-0.05, 0) is 29.8 Å². The fourth-order valence-electron chi connectivity index (χ4n) is 2.52. The van der Waals surface area contributed by atoms with Crippen LogP contribution >= 0.6 is 0 Å². The molecule has 0 aliphatic carbocycles. The Morgan fingerprint density at radius 3 is 2.65 bits per heavy atom. The van der Waals surface area contributed by atoms with Gasteiger partial charge in [0.25, 0.3) is 5.91 Å². The maximum absolute atomic E-state index is 13.2. The molecule has 2 aromatic rings. The van der Waals surface area contributed by atoms with E-state index in [2.05, 4.69) is 4.98 Å². The molecular weight excluding hydrogens is 297 g/mol. The average molecular weight is 313 g/mol. The number of amides is 2. The largest absolute Gasteiger partial charge is 0.369 e. The van der Waals surface area contributed by atoms with Crippen LogP contribution in [0.1, 0.15) is 21.6 Å². The van der Waals surface area contributed by atoms with E-state index in [1.54, 1.807) is 23.1 Å². The number of likely N-dealkylation sites (tertiary alicyclic amines) is 1. The Labute approximate surface area is 132 Å². The molecule has 0 spiro atoms. The van der Waals surface area contributed by atoms with Gasteiger partial charge in [-0.3, -0.25) is 14.6 Å². The zero-order chi connectivity index (χ0) is 16.4. The quantitative estimate of drug-likeness (QED) is 0.926. The van der Waals surface area contributed by atoms with Gasteiger partial charge in [-0.1, -0.05) is 12.1 Å². The molecule has 23 heavy (non-hydrogen) atoms. The molecule has 6 heteroatoms. The summed E-state index contributed by atoms with van der Waals surface area (Å²) in [4.78, 5) is 29.0. The molecule has 2 amide bonds. The van der Waals surface area contributed by atoms with Gasteiger partial charge in [0, 0.05) is 31.4 Å². The van der Waals surface area contributed by atoms with Gasteiger partial charge >= 0.3 is 0 Å². The van der Waals surface area contributed by atoms with Crippen LogP contribution in [0.5, 0.6) is 0 Å². The summed E-state index contributed by atoms with van der Waals surface area (Å²) in [5.41, 5.74) is 7.23. The third-order valence-corrected chi connectivity index (χ3v) is 3.92. The van der Waals surface area contributed by atoms with Crippen molar-refractivity contribution in [3.05, 3.63) is 65.2 Å². The molecule has 1 aliphatic rings. The van der Waals surface area contributed by atoms with Gasteiger partial charge in [0.1, 0.15) is 5.82 Å². The topological polar surface area (TPSA) is 76.3 Å². The maximum Gasteiger partial charge on any atom is 0.255 e. The number of hydrogen-bond acceptors (Lipinski definition) is 3. The Morgan fingerprint density at radius 1 is 1.26 bits per heavy atom. The molecule has 1 fully saturated rings. The lowest BCUT2D eigenvalue weighted by Crippen LogP contribution is -2.54. The van der Waals surface area contributed by atoms with E-state index in [0.717, 1.165) is 11.3 Å². The molecular formula is C17H16FN3O2. The summed E-state index contributed by atoms with van der Waals surface area (Å²) in [6.45, 7) is 0.721. The van der Waals surface area contributed by atoms with E-state index in [1.165, 1.54) is 18.3 Å². The molecule has 0 saturated carbocycles. The molecule has 1 aromatic heterocycles. The zero-order valence-electron chi connectivity index (χ0n) is 12.4. The van der Waals surface area contributed by atoms with Crippen LogP contribution in [0.2, 0.25) is 0 Å². The number of carbonyl (C=O) groups is 2. The van der Waals surface area contributed by atoms with Crippen LogP contribution in [0.4, 0.5) is 4.39 Å². The third-order valence-electron chi connectivity index (χ3n) is 3.92. The first kappa shape index (κ1) is 15.1. The van der Waals surface area contributed by atoms with Gasteiger partial charge in [-0.15, -0.1) is 0 Å². The fourth-order valence-corrected chi connectivity index (χ4v) is 2.52. The highest BCUT2D eigenvalue weighted by atomic mass is 19.1. The van der Waals surface area contributed by atoms with E-state index in [9.17, 15) is 14.0 Å². The molecule has 2 N–H and O–H groups in total. The molecule has 1 aromatic carbocycles. The number of carbonyl (C=O) groups excluding carboxylic acids is 2. The van der Waals surface area contributed by atoms with Gasteiger partial charge in [-0.2, -0.15) is 0 Å². The Morgan fingerprint density at radius 2 is 2.04 bits per heavy atom. The summed E-state index contributed by atoms with van der Waals surface area (Å²) < 4.78 is 13.2. The average Bonchev–Trinajstić information content (AvgIpc) is 2.46. The first-order valence-electron chi connectivity index (χ1n) is 7.31. The van der Waals surface area contributed by atoms with Crippen molar-refractivity contribution in [2.75, 3.05) is 13.1 Å². The van der Waals surface area contributed by atoms with Gasteiger partial charge in [-0.25, -0.2) is 4.39 Å². The first-order chi connectivity index (χ1) is 11.0. The number of benzene rings is 1. The van der Waals surface area contributed by atoms with E-state index in [4.69, 9.17) is 5.73 Å². The summed E-state index contributed by atoms with van der Waals surface area (Å²) in [6.07, 6.45) is 2.01. The van der Waals surface area contributed by atoms with Crippen molar-refractivity contribution >= 4 is 11.8 Å². The van der Waals surface area contributed by atoms with Crippen molar-refractivity contribution < 1.29 is 14.0 Å². The van der Waals surface area contributed by atoms with E-state index >= 15 is 0 Å². The summed E-state index contributed by atoms with van der Waals surface area (Å²) in [5, 5.41) is 0. The van der Waals surface area contributed by atoms with E-state index in [0.29, 0.717) is 25.1 Å². The Hall–Kier alpha value is -2.76. The monoisotopic (exact) mass is 313 g/mol. The number of nitrogens with zero attached hydrogens (tertiary/aromatic N) is 2. The van der Waals surface area contributed by atoms with Crippen LogP contribution < -0.4 is 5.73 Å². The lowest BCUT2D eigenvalue weighted by atomic mass is 9.98. The van der Waals surface area contributed by atoms with Crippen LogP contribution in [-0.2, 0) is 11.2 Å². The van der Waals surface area contributed by atoms with Gasteiger partial charge in [0.2, 0.25) is 5.91 Å². The third kappa shape index (κ3) is 3.36. The predicted octanol–water partition coefficient (Wildman–Crippen LogP) is 1.37. The lowest BCUT2D eigenvalue weighted by Gasteiger charge is -2.37. The number of halogens is 1. The maximum atomic E-state index is 13.2. The number of pyridine rings is 1. The number of nitrogens with two attached hydrogens (primary N) is 1. The van der Waals surface area contributed by atoms with Crippen molar-refractivity contribution in [1.29, 1.82) is 0 Å². The summed E-state index contributed by atoms with van der Waals surface area (Å²) in [5.74, 6) is -1.07. The number of rotatable bonds is 4. The van der Waals surface area contributed by atoms with Gasteiger partial charge in [0.15, 0.2) is 0 Å². The Bertz CT molecular complexity index is 740. The van der Waals surface area contributed by atoms with Crippen LogP contribution in [0.15, 0.2) is 42.6 Å². The Kier molecular flexibility index (Phi) is 4.06. The molecule has 0 radical (unpaired) electrons. The highest BCUT2D eigenvalue weighted by Gasteiger charge is 2.34. The minimum Gasteiger partial charge on any atom is -0.369 e. The number of aromatic nitrogens is 1. The molecule has 1 aliphatic heterocycles. The highest BCUT2D eigenvalue weighted by molar-refractivity contribution is 5.95. The second-order valence-corrected chi connectivity index (χ2v) is 5.65. The van der Waals surface area contributed by atoms with Gasteiger partial charge < -0.3 is 10.6 Å². The summed E-state index contributed by atoms with van der Waals surface area (Å²) >= 11 is 0. The second kappa shape index (κ2) is 6.16. The molecule has 0 atom stereocenters.